The summed E-state index contributed by atoms with van der Waals surface area (Å²) in [6.45, 7) is -1.46. The highest BCUT2D eigenvalue weighted by molar-refractivity contribution is 5.79. The van der Waals surface area contributed by atoms with Crippen LogP contribution in [-0.2, 0) is 24.8 Å². The van der Waals surface area contributed by atoms with Gasteiger partial charge in [0, 0.05) is 19.4 Å². The van der Waals surface area contributed by atoms with Gasteiger partial charge < -0.3 is 18.9 Å². The van der Waals surface area contributed by atoms with E-state index in [1.165, 1.54) is 6.20 Å². The van der Waals surface area contributed by atoms with Gasteiger partial charge in [0.1, 0.15) is 12.4 Å². The predicted molar refractivity (Wildman–Crippen MR) is 80.9 cm³/mol. The van der Waals surface area contributed by atoms with Crippen molar-refractivity contribution in [3.8, 4) is 11.5 Å². The average Bonchev–Trinajstić information content (AvgIpc) is 3.14. The SMILES string of the molecule is Cn1ccnc1CN(CC(F)(F)F)C(=O)Cc1ccc2c(c1)OCO2. The van der Waals surface area contributed by atoms with Crippen LogP contribution in [0.15, 0.2) is 30.6 Å². The maximum atomic E-state index is 12.9. The molecule has 0 spiro atoms. The van der Waals surface area contributed by atoms with E-state index in [0.717, 1.165) is 4.90 Å². The lowest BCUT2D eigenvalue weighted by atomic mass is 10.1. The molecule has 1 aromatic carbocycles. The molecule has 1 aliphatic heterocycles. The van der Waals surface area contributed by atoms with Crippen LogP contribution in [0.2, 0.25) is 0 Å². The summed E-state index contributed by atoms with van der Waals surface area (Å²) in [5.74, 6) is 0.774. The van der Waals surface area contributed by atoms with Crippen LogP contribution in [0.25, 0.3) is 0 Å². The van der Waals surface area contributed by atoms with Crippen LogP contribution < -0.4 is 9.47 Å². The molecule has 3 rings (SSSR count). The third-order valence-corrected chi connectivity index (χ3v) is 3.77. The van der Waals surface area contributed by atoms with Gasteiger partial charge in [0.05, 0.1) is 13.0 Å². The van der Waals surface area contributed by atoms with E-state index >= 15 is 0 Å². The van der Waals surface area contributed by atoms with Crippen molar-refractivity contribution in [2.75, 3.05) is 13.3 Å². The first-order valence-electron chi connectivity index (χ1n) is 7.51. The number of alkyl halides is 3. The topological polar surface area (TPSA) is 56.6 Å². The van der Waals surface area contributed by atoms with Crippen LogP contribution >= 0.6 is 0 Å². The normalized spacial score (nSPS) is 13.1. The molecule has 0 saturated carbocycles. The number of rotatable bonds is 5. The van der Waals surface area contributed by atoms with Gasteiger partial charge in [-0.1, -0.05) is 6.07 Å². The van der Waals surface area contributed by atoms with E-state index < -0.39 is 18.6 Å². The predicted octanol–water partition coefficient (Wildman–Crippen LogP) is 2.28. The molecule has 1 amide bonds. The van der Waals surface area contributed by atoms with E-state index in [1.54, 1.807) is 36.0 Å². The minimum Gasteiger partial charge on any atom is -0.454 e. The minimum atomic E-state index is -4.49. The van der Waals surface area contributed by atoms with Gasteiger partial charge in [0.2, 0.25) is 12.7 Å². The summed E-state index contributed by atoms with van der Waals surface area (Å²) in [5.41, 5.74) is 0.557. The summed E-state index contributed by atoms with van der Waals surface area (Å²) >= 11 is 0. The van der Waals surface area contributed by atoms with Gasteiger partial charge >= 0.3 is 6.18 Å². The Morgan fingerprint density at radius 1 is 1.32 bits per heavy atom. The van der Waals surface area contributed by atoms with Crippen molar-refractivity contribution in [1.29, 1.82) is 0 Å². The number of benzene rings is 1. The second-order valence-electron chi connectivity index (χ2n) is 5.68. The van der Waals surface area contributed by atoms with Crippen LogP contribution in [0.3, 0.4) is 0 Å². The highest BCUT2D eigenvalue weighted by atomic mass is 19.4. The molecule has 0 atom stereocenters. The maximum absolute atomic E-state index is 12.9. The lowest BCUT2D eigenvalue weighted by molar-refractivity contribution is -0.162. The molecule has 0 bridgehead atoms. The van der Waals surface area contributed by atoms with Crippen molar-refractivity contribution in [3.05, 3.63) is 42.0 Å². The number of aryl methyl sites for hydroxylation is 1. The zero-order chi connectivity index (χ0) is 18.0. The lowest BCUT2D eigenvalue weighted by Gasteiger charge is -2.24. The highest BCUT2D eigenvalue weighted by Crippen LogP contribution is 2.32. The van der Waals surface area contributed by atoms with Crippen LogP contribution in [0.5, 0.6) is 11.5 Å². The molecule has 1 aliphatic rings. The van der Waals surface area contributed by atoms with Crippen molar-refractivity contribution in [2.24, 2.45) is 7.05 Å². The Kier molecular flexibility index (Phi) is 4.56. The van der Waals surface area contributed by atoms with Crippen molar-refractivity contribution in [3.63, 3.8) is 0 Å². The summed E-state index contributed by atoms with van der Waals surface area (Å²) in [4.78, 5) is 17.2. The van der Waals surface area contributed by atoms with Gasteiger partial charge in [-0.3, -0.25) is 4.79 Å². The zero-order valence-corrected chi connectivity index (χ0v) is 13.4. The van der Waals surface area contributed by atoms with Crippen molar-refractivity contribution >= 4 is 5.91 Å². The van der Waals surface area contributed by atoms with Gasteiger partial charge in [-0.15, -0.1) is 0 Å². The Hall–Kier alpha value is -2.71. The molecule has 9 heteroatoms. The first-order valence-corrected chi connectivity index (χ1v) is 7.51. The number of carbonyl (C=O) groups excluding carboxylic acids is 1. The van der Waals surface area contributed by atoms with Gasteiger partial charge in [-0.25, -0.2) is 4.98 Å². The number of ether oxygens (including phenoxy) is 2. The number of hydrogen-bond acceptors (Lipinski definition) is 4. The number of fused-ring (bicyclic) bond motifs is 1. The second kappa shape index (κ2) is 6.66. The number of imidazole rings is 1. The number of amides is 1. The van der Waals surface area contributed by atoms with E-state index in [-0.39, 0.29) is 19.8 Å². The third-order valence-electron chi connectivity index (χ3n) is 3.77. The molecule has 6 nitrogen and oxygen atoms in total. The fraction of sp³-hybridized carbons (Fsp3) is 0.375. The molecular weight excluding hydrogens is 339 g/mol. The lowest BCUT2D eigenvalue weighted by Crippen LogP contribution is -2.39. The smallest absolute Gasteiger partial charge is 0.406 e. The summed E-state index contributed by atoms with van der Waals surface area (Å²) in [5, 5.41) is 0. The van der Waals surface area contributed by atoms with E-state index in [0.29, 0.717) is 22.9 Å². The Balaban J connectivity index is 1.75. The summed E-state index contributed by atoms with van der Waals surface area (Å²) in [6.07, 6.45) is -1.57. The molecule has 2 heterocycles. The molecule has 0 saturated heterocycles. The summed E-state index contributed by atoms with van der Waals surface area (Å²) in [6, 6.07) is 4.88. The molecule has 0 unspecified atom stereocenters. The monoisotopic (exact) mass is 355 g/mol. The Morgan fingerprint density at radius 2 is 2.08 bits per heavy atom. The Bertz CT molecular complexity index is 773. The molecule has 2 aromatic rings. The number of aromatic nitrogens is 2. The molecular formula is C16H16F3N3O3. The molecule has 0 aliphatic carbocycles. The highest BCUT2D eigenvalue weighted by Gasteiger charge is 2.33. The van der Waals surface area contributed by atoms with Gasteiger partial charge in [0.15, 0.2) is 11.5 Å². The van der Waals surface area contributed by atoms with Crippen molar-refractivity contribution in [2.45, 2.75) is 19.1 Å². The van der Waals surface area contributed by atoms with E-state index in [9.17, 15) is 18.0 Å². The molecule has 0 N–H and O–H groups in total. The first-order chi connectivity index (χ1) is 11.8. The molecule has 1 aromatic heterocycles. The van der Waals surface area contributed by atoms with E-state index in [1.807, 2.05) is 0 Å². The Morgan fingerprint density at radius 3 is 2.76 bits per heavy atom. The van der Waals surface area contributed by atoms with Crippen LogP contribution in [0.4, 0.5) is 13.2 Å². The largest absolute Gasteiger partial charge is 0.454 e. The molecule has 25 heavy (non-hydrogen) atoms. The molecule has 134 valence electrons. The Labute approximate surface area is 141 Å². The summed E-state index contributed by atoms with van der Waals surface area (Å²) in [7, 11) is 1.66. The number of hydrogen-bond donors (Lipinski definition) is 0. The van der Waals surface area contributed by atoms with E-state index in [4.69, 9.17) is 9.47 Å². The zero-order valence-electron chi connectivity index (χ0n) is 13.4. The second-order valence-corrected chi connectivity index (χ2v) is 5.68. The van der Waals surface area contributed by atoms with Crippen molar-refractivity contribution in [1.82, 2.24) is 14.5 Å². The molecule has 0 fully saturated rings. The fourth-order valence-electron chi connectivity index (χ4n) is 2.51. The number of nitrogens with zero attached hydrogens (tertiary/aromatic N) is 3. The van der Waals surface area contributed by atoms with Gasteiger partial charge in [-0.2, -0.15) is 13.2 Å². The first kappa shape index (κ1) is 17.1. The average molecular weight is 355 g/mol. The number of carbonyl (C=O) groups is 1. The third kappa shape index (κ3) is 4.23. The number of halogens is 3. The van der Waals surface area contributed by atoms with Gasteiger partial charge in [0.25, 0.3) is 0 Å². The maximum Gasteiger partial charge on any atom is 0.406 e. The summed E-state index contributed by atoms with van der Waals surface area (Å²) < 4.78 is 50.5. The van der Waals surface area contributed by atoms with E-state index in [2.05, 4.69) is 4.98 Å². The van der Waals surface area contributed by atoms with Crippen LogP contribution in [0, 0.1) is 0 Å². The fourth-order valence-corrected chi connectivity index (χ4v) is 2.51. The van der Waals surface area contributed by atoms with Gasteiger partial charge in [-0.05, 0) is 17.7 Å². The standard InChI is InChI=1S/C16H16F3N3O3/c1-21-5-4-20-14(21)8-22(9-16(17,18)19)15(23)7-11-2-3-12-13(6-11)25-10-24-12/h2-6H,7-10H2,1H3. The van der Waals surface area contributed by atoms with Crippen molar-refractivity contribution < 1.29 is 27.4 Å². The quantitative estimate of drug-likeness (QED) is 0.826. The molecule has 0 radical (unpaired) electrons. The van der Waals surface area contributed by atoms with Crippen LogP contribution in [0.1, 0.15) is 11.4 Å². The minimum absolute atomic E-state index is 0.0894. The van der Waals surface area contributed by atoms with Crippen LogP contribution in [-0.4, -0.2) is 39.9 Å².